The van der Waals surface area contributed by atoms with E-state index in [1.807, 2.05) is 27.7 Å². The van der Waals surface area contributed by atoms with Crippen LogP contribution < -0.4 is 0 Å². The molecule has 0 N–H and O–H groups in total. The summed E-state index contributed by atoms with van der Waals surface area (Å²) in [6.45, 7) is 7.78. The molecule has 0 fully saturated rings. The lowest BCUT2D eigenvalue weighted by atomic mass is 10.1. The summed E-state index contributed by atoms with van der Waals surface area (Å²) in [5, 5.41) is 0.0456. The minimum atomic E-state index is -0.854. The van der Waals surface area contributed by atoms with Crippen LogP contribution in [0.2, 0.25) is 0 Å². The maximum atomic E-state index is 11.9. The Hall–Kier alpha value is -1.68. The van der Waals surface area contributed by atoms with Gasteiger partial charge in [0.05, 0.1) is 0 Å². The second kappa shape index (κ2) is 7.20. The first-order valence-corrected chi connectivity index (χ1v) is 6.88. The first kappa shape index (κ1) is 16.4. The zero-order valence-corrected chi connectivity index (χ0v) is 12.9. The van der Waals surface area contributed by atoms with E-state index in [2.05, 4.69) is 4.99 Å². The van der Waals surface area contributed by atoms with Crippen LogP contribution in [0.3, 0.4) is 0 Å². The summed E-state index contributed by atoms with van der Waals surface area (Å²) in [6.07, 6.45) is 0. The number of ketones is 1. The highest BCUT2D eigenvalue weighted by atomic mass is 35.5. The molecule has 4 nitrogen and oxygen atoms in total. The lowest BCUT2D eigenvalue weighted by Gasteiger charge is -2.30. The van der Waals surface area contributed by atoms with Crippen LogP contribution in [0, 0.1) is 0 Å². The van der Waals surface area contributed by atoms with E-state index in [9.17, 15) is 9.59 Å². The van der Waals surface area contributed by atoms with Crippen molar-refractivity contribution in [3.63, 3.8) is 0 Å². The molecule has 0 heterocycles. The third-order valence-corrected chi connectivity index (χ3v) is 3.03. The minimum Gasteiger partial charge on any atom is -0.342 e. The van der Waals surface area contributed by atoms with Gasteiger partial charge in [0.15, 0.2) is 0 Å². The molecule has 20 heavy (non-hydrogen) atoms. The third kappa shape index (κ3) is 4.17. The van der Waals surface area contributed by atoms with Gasteiger partial charge in [-0.05, 0) is 39.3 Å². The molecule has 0 saturated heterocycles. The Bertz CT molecular complexity index is 502. The van der Waals surface area contributed by atoms with Crippen LogP contribution >= 0.6 is 11.6 Å². The average molecular weight is 295 g/mol. The molecule has 0 bridgehead atoms. The van der Waals surface area contributed by atoms with Crippen LogP contribution in [0.4, 0.5) is 0 Å². The van der Waals surface area contributed by atoms with Gasteiger partial charge in [-0.2, -0.15) is 4.99 Å². The van der Waals surface area contributed by atoms with Crippen LogP contribution in [0.5, 0.6) is 0 Å². The molecule has 0 aliphatic rings. The topological polar surface area (TPSA) is 49.7 Å². The number of rotatable bonds is 4. The lowest BCUT2D eigenvalue weighted by molar-refractivity contribution is -0.113. The number of amidine groups is 1. The van der Waals surface area contributed by atoms with Crippen molar-refractivity contribution in [2.24, 2.45) is 4.99 Å². The summed E-state index contributed by atoms with van der Waals surface area (Å²) in [7, 11) is 0. The van der Waals surface area contributed by atoms with Crippen LogP contribution in [0.15, 0.2) is 35.3 Å². The Kier molecular flexibility index (Phi) is 5.89. The van der Waals surface area contributed by atoms with Crippen LogP contribution in [0.25, 0.3) is 0 Å². The molecule has 0 unspecified atom stereocenters. The van der Waals surface area contributed by atoms with Gasteiger partial charge in [0.1, 0.15) is 0 Å². The molecule has 108 valence electrons. The molecular formula is C15H19ClN2O2. The van der Waals surface area contributed by atoms with Gasteiger partial charge in [0.2, 0.25) is 5.29 Å². The summed E-state index contributed by atoms with van der Waals surface area (Å²) in [5.41, 5.74) is 0.311. The number of Topliss-reactive ketones (excluding diaryl/α,β-unsaturated/α-hetero) is 1. The molecule has 0 aliphatic carbocycles. The van der Waals surface area contributed by atoms with Crippen molar-refractivity contribution < 1.29 is 9.59 Å². The van der Waals surface area contributed by atoms with E-state index in [4.69, 9.17) is 11.6 Å². The van der Waals surface area contributed by atoms with Crippen molar-refractivity contribution in [2.45, 2.75) is 39.8 Å². The van der Waals surface area contributed by atoms with Crippen LogP contribution in [0.1, 0.15) is 38.1 Å². The number of hydrogen-bond acceptors (Lipinski definition) is 2. The van der Waals surface area contributed by atoms with Crippen molar-refractivity contribution in [1.29, 1.82) is 0 Å². The quantitative estimate of drug-likeness (QED) is 0.282. The Labute approximate surface area is 124 Å². The Balaban J connectivity index is 2.93. The smallest absolute Gasteiger partial charge is 0.320 e. The summed E-state index contributed by atoms with van der Waals surface area (Å²) < 4.78 is 0. The molecular weight excluding hydrogens is 276 g/mol. The number of nitrogens with zero attached hydrogens (tertiary/aromatic N) is 2. The fraction of sp³-hybridized carbons (Fsp3) is 0.400. The van der Waals surface area contributed by atoms with Crippen molar-refractivity contribution in [3.8, 4) is 0 Å². The predicted octanol–water partition coefficient (Wildman–Crippen LogP) is 3.11. The number of aliphatic imine (C=N–C) groups is 1. The Morgan fingerprint density at radius 3 is 2.00 bits per heavy atom. The minimum absolute atomic E-state index is 0.0456. The van der Waals surface area contributed by atoms with Crippen molar-refractivity contribution in [2.75, 3.05) is 0 Å². The Morgan fingerprint density at radius 2 is 1.55 bits per heavy atom. The predicted molar refractivity (Wildman–Crippen MR) is 81.2 cm³/mol. The number of carbonyl (C=O) groups is 2. The Morgan fingerprint density at radius 1 is 1.05 bits per heavy atom. The molecule has 0 aromatic heterocycles. The van der Waals surface area contributed by atoms with E-state index >= 15 is 0 Å². The molecule has 0 atom stereocenters. The zero-order chi connectivity index (χ0) is 15.3. The first-order valence-electron chi connectivity index (χ1n) is 6.50. The summed E-state index contributed by atoms with van der Waals surface area (Å²) in [6, 6.07) is 8.49. The SMILES string of the molecule is CC(C)N(C(Cl)=NC(=O)C(=O)c1ccccc1)C(C)C. The standard InChI is InChI=1S/C15H19ClN2O2/c1-10(2)18(11(3)4)15(16)17-14(20)13(19)12-8-6-5-7-9-12/h5-11H,1-4H3. The molecule has 5 heteroatoms. The fourth-order valence-electron chi connectivity index (χ4n) is 1.93. The average Bonchev–Trinajstić information content (AvgIpc) is 2.37. The van der Waals surface area contributed by atoms with Crippen molar-refractivity contribution >= 4 is 28.6 Å². The summed E-state index contributed by atoms with van der Waals surface area (Å²) >= 11 is 6.07. The van der Waals surface area contributed by atoms with E-state index in [0.29, 0.717) is 5.56 Å². The monoisotopic (exact) mass is 294 g/mol. The van der Waals surface area contributed by atoms with Gasteiger partial charge in [-0.1, -0.05) is 30.3 Å². The normalized spacial score (nSPS) is 11.8. The molecule has 0 saturated carbocycles. The summed E-state index contributed by atoms with van der Waals surface area (Å²) in [5.74, 6) is -1.51. The molecule has 0 radical (unpaired) electrons. The number of hydrogen-bond donors (Lipinski definition) is 0. The highest BCUT2D eigenvalue weighted by Crippen LogP contribution is 2.10. The van der Waals surface area contributed by atoms with Gasteiger partial charge in [0.25, 0.3) is 5.78 Å². The third-order valence-electron chi connectivity index (χ3n) is 2.75. The van der Waals surface area contributed by atoms with Gasteiger partial charge in [-0.3, -0.25) is 9.59 Å². The number of carbonyl (C=O) groups excluding carboxylic acids is 2. The lowest BCUT2D eigenvalue weighted by Crippen LogP contribution is -2.40. The maximum absolute atomic E-state index is 11.9. The summed E-state index contributed by atoms with van der Waals surface area (Å²) in [4.78, 5) is 29.3. The molecule has 1 aromatic rings. The fourth-order valence-corrected chi connectivity index (χ4v) is 2.39. The second-order valence-electron chi connectivity index (χ2n) is 4.98. The van der Waals surface area contributed by atoms with Gasteiger partial charge >= 0.3 is 5.91 Å². The highest BCUT2D eigenvalue weighted by molar-refractivity contribution is 6.66. The van der Waals surface area contributed by atoms with Gasteiger partial charge in [-0.25, -0.2) is 0 Å². The van der Waals surface area contributed by atoms with Gasteiger partial charge in [0, 0.05) is 17.6 Å². The van der Waals surface area contributed by atoms with Crippen molar-refractivity contribution in [3.05, 3.63) is 35.9 Å². The molecule has 1 rings (SSSR count). The van der Waals surface area contributed by atoms with Gasteiger partial charge in [-0.15, -0.1) is 0 Å². The number of amides is 1. The van der Waals surface area contributed by atoms with Gasteiger partial charge < -0.3 is 4.90 Å². The number of halogens is 1. The highest BCUT2D eigenvalue weighted by Gasteiger charge is 2.21. The van der Waals surface area contributed by atoms with E-state index < -0.39 is 11.7 Å². The first-order chi connectivity index (χ1) is 9.34. The second-order valence-corrected chi connectivity index (χ2v) is 5.31. The molecule has 1 amide bonds. The van der Waals surface area contributed by atoms with Crippen LogP contribution in [-0.2, 0) is 4.79 Å². The molecule has 1 aromatic carbocycles. The number of benzene rings is 1. The van der Waals surface area contributed by atoms with Crippen LogP contribution in [-0.4, -0.2) is 34.0 Å². The van der Waals surface area contributed by atoms with E-state index in [-0.39, 0.29) is 17.4 Å². The maximum Gasteiger partial charge on any atom is 0.320 e. The van der Waals surface area contributed by atoms with E-state index in [1.54, 1.807) is 35.2 Å². The zero-order valence-electron chi connectivity index (χ0n) is 12.1. The van der Waals surface area contributed by atoms with E-state index in [1.165, 1.54) is 0 Å². The van der Waals surface area contributed by atoms with E-state index in [0.717, 1.165) is 0 Å². The molecule has 0 spiro atoms. The largest absolute Gasteiger partial charge is 0.342 e. The molecule has 0 aliphatic heterocycles. The van der Waals surface area contributed by atoms with Crippen molar-refractivity contribution in [1.82, 2.24) is 4.90 Å².